The highest BCUT2D eigenvalue weighted by Crippen LogP contribution is 2.62. The van der Waals surface area contributed by atoms with E-state index < -0.39 is 21.4 Å². The lowest BCUT2D eigenvalue weighted by Crippen LogP contribution is -2.03. The monoisotopic (exact) mass is 454 g/mol. The Morgan fingerprint density at radius 1 is 0.862 bits per heavy atom. The molecule has 0 saturated heterocycles. The second-order valence-corrected chi connectivity index (χ2v) is 8.72. The lowest BCUT2D eigenvalue weighted by Gasteiger charge is -2.20. The number of hydrogen-bond donors (Lipinski definition) is 0. The fraction of sp³-hybridized carbons (Fsp3) is 0.588. The molecule has 0 unspecified atom stereocenters. The van der Waals surface area contributed by atoms with Crippen LogP contribution in [-0.2, 0) is 36.5 Å². The smallest absolute Gasteiger partial charge is 0.460 e. The summed E-state index contributed by atoms with van der Waals surface area (Å²) in [6.45, 7) is 8.51. The summed E-state index contributed by atoms with van der Waals surface area (Å²) in [5, 5.41) is -0.184. The van der Waals surface area contributed by atoms with Crippen LogP contribution >= 0.6 is 15.4 Å². The number of carbonyl (C=O) groups excluding carboxylic acids is 1. The van der Waals surface area contributed by atoms with Crippen molar-refractivity contribution in [2.75, 3.05) is 33.0 Å². The molecule has 1 aromatic rings. The molecule has 0 saturated carbocycles. The maximum atomic E-state index is 13.3. The summed E-state index contributed by atoms with van der Waals surface area (Å²) in [5.41, 5.74) is 0. The van der Waals surface area contributed by atoms with Crippen LogP contribution in [0.3, 0.4) is 0 Å². The fourth-order valence-electron chi connectivity index (χ4n) is 2.09. The average Bonchev–Trinajstić information content (AvgIpc) is 3.12. The topological polar surface area (TPSA) is 120 Å². The van der Waals surface area contributed by atoms with E-state index in [1.165, 1.54) is 12.1 Å². The maximum Gasteiger partial charge on any atom is 0.529 e. The number of furan rings is 1. The van der Waals surface area contributed by atoms with E-state index in [-0.39, 0.29) is 49.9 Å². The van der Waals surface area contributed by atoms with Gasteiger partial charge in [-0.05, 0) is 46.8 Å². The molecular formula is C17H28O10P2. The number of rotatable bonds is 14. The van der Waals surface area contributed by atoms with Gasteiger partial charge in [-0.2, -0.15) is 0 Å². The summed E-state index contributed by atoms with van der Waals surface area (Å²) in [4.78, 5) is 11.9. The standard InChI is InChI=1S/C17H28O10P2/c1-6-21-17(18)15-12-11-14(27-15)16(28(19,22-7-2)23-8-3)13-26-29(20,24-9-4)25-10-5/h11-13H,6-10H2,1-5H3/b16-13+. The predicted molar refractivity (Wildman–Crippen MR) is 105 cm³/mol. The highest BCUT2D eigenvalue weighted by atomic mass is 31.2. The van der Waals surface area contributed by atoms with Crippen molar-refractivity contribution in [3.05, 3.63) is 29.9 Å². The van der Waals surface area contributed by atoms with Crippen molar-refractivity contribution in [1.82, 2.24) is 0 Å². The first kappa shape index (κ1) is 25.6. The van der Waals surface area contributed by atoms with Crippen LogP contribution in [0.5, 0.6) is 0 Å². The minimum absolute atomic E-state index is 0.0437. The molecule has 1 heterocycles. The Morgan fingerprint density at radius 3 is 1.86 bits per heavy atom. The molecule has 29 heavy (non-hydrogen) atoms. The molecule has 12 heteroatoms. The third-order valence-electron chi connectivity index (χ3n) is 3.10. The lowest BCUT2D eigenvalue weighted by molar-refractivity contribution is 0.0489. The molecule has 0 bridgehead atoms. The van der Waals surface area contributed by atoms with E-state index in [4.69, 9.17) is 31.8 Å². The summed E-state index contributed by atoms with van der Waals surface area (Å²) in [6, 6.07) is 2.71. The van der Waals surface area contributed by atoms with Gasteiger partial charge in [0.2, 0.25) is 5.76 Å². The van der Waals surface area contributed by atoms with Gasteiger partial charge in [-0.1, -0.05) is 0 Å². The molecule has 0 atom stereocenters. The Balaban J connectivity index is 3.40. The Hall–Kier alpha value is -1.41. The van der Waals surface area contributed by atoms with E-state index in [0.29, 0.717) is 0 Å². The van der Waals surface area contributed by atoms with Crippen molar-refractivity contribution in [3.63, 3.8) is 0 Å². The fourth-order valence-corrected chi connectivity index (χ4v) is 4.84. The van der Waals surface area contributed by atoms with Crippen molar-refractivity contribution >= 4 is 26.7 Å². The SMILES string of the molecule is CCOC(=O)c1ccc(/C(=C\OP(=O)(OCC)OCC)P(=O)(OCC)OCC)o1. The van der Waals surface area contributed by atoms with Gasteiger partial charge in [-0.25, -0.2) is 9.36 Å². The third kappa shape index (κ3) is 7.41. The highest BCUT2D eigenvalue weighted by molar-refractivity contribution is 7.65. The van der Waals surface area contributed by atoms with Crippen LogP contribution in [0.2, 0.25) is 0 Å². The van der Waals surface area contributed by atoms with Crippen molar-refractivity contribution in [1.29, 1.82) is 0 Å². The molecule has 0 aliphatic rings. The van der Waals surface area contributed by atoms with E-state index in [9.17, 15) is 13.9 Å². The summed E-state index contributed by atoms with van der Waals surface area (Å²) in [6.07, 6.45) is 0.895. The average molecular weight is 454 g/mol. The van der Waals surface area contributed by atoms with E-state index in [0.717, 1.165) is 6.26 Å². The van der Waals surface area contributed by atoms with Crippen LogP contribution in [0.4, 0.5) is 0 Å². The van der Waals surface area contributed by atoms with Gasteiger partial charge in [-0.15, -0.1) is 0 Å². The van der Waals surface area contributed by atoms with Gasteiger partial charge in [0.05, 0.1) is 33.0 Å². The van der Waals surface area contributed by atoms with Gasteiger partial charge in [0.15, 0.2) is 0 Å². The molecule has 1 rings (SSSR count). The number of hydrogen-bond acceptors (Lipinski definition) is 10. The molecule has 166 valence electrons. The molecule has 0 amide bonds. The zero-order valence-corrected chi connectivity index (χ0v) is 19.0. The molecule has 0 aromatic carbocycles. The summed E-state index contributed by atoms with van der Waals surface area (Å²) >= 11 is 0. The van der Waals surface area contributed by atoms with Crippen LogP contribution in [0.1, 0.15) is 50.9 Å². The first-order valence-corrected chi connectivity index (χ1v) is 12.2. The second-order valence-electron chi connectivity index (χ2n) is 5.11. The molecule has 0 radical (unpaired) electrons. The third-order valence-corrected chi connectivity index (χ3v) is 6.72. The Bertz CT molecular complexity index is 750. The van der Waals surface area contributed by atoms with Gasteiger partial charge in [0, 0.05) is 0 Å². The zero-order valence-electron chi connectivity index (χ0n) is 17.2. The second kappa shape index (κ2) is 12.3. The van der Waals surface area contributed by atoms with Crippen molar-refractivity contribution in [2.24, 2.45) is 0 Å². The zero-order chi connectivity index (χ0) is 21.9. The van der Waals surface area contributed by atoms with Crippen LogP contribution in [0, 0.1) is 0 Å². The van der Waals surface area contributed by atoms with Crippen LogP contribution in [0.15, 0.2) is 22.8 Å². The van der Waals surface area contributed by atoms with Gasteiger partial charge >= 0.3 is 21.4 Å². The number of esters is 1. The molecule has 0 aliphatic carbocycles. The Morgan fingerprint density at radius 2 is 1.38 bits per heavy atom. The Kier molecular flexibility index (Phi) is 10.9. The largest absolute Gasteiger partial charge is 0.529 e. The number of carbonyl (C=O) groups is 1. The lowest BCUT2D eigenvalue weighted by atomic mass is 10.4. The summed E-state index contributed by atoms with van der Waals surface area (Å²) in [7, 11) is -7.92. The molecule has 0 spiro atoms. The molecule has 1 aromatic heterocycles. The highest BCUT2D eigenvalue weighted by Gasteiger charge is 2.36. The first-order valence-electron chi connectivity index (χ1n) is 9.23. The van der Waals surface area contributed by atoms with E-state index in [1.807, 2.05) is 0 Å². The first-order chi connectivity index (χ1) is 13.8. The van der Waals surface area contributed by atoms with Gasteiger partial charge in [0.25, 0.3) is 0 Å². The molecule has 0 fully saturated rings. The van der Waals surface area contributed by atoms with E-state index >= 15 is 0 Å². The van der Waals surface area contributed by atoms with E-state index in [2.05, 4.69) is 0 Å². The molecule has 0 N–H and O–H groups in total. The predicted octanol–water partition coefficient (Wildman–Crippen LogP) is 5.22. The minimum atomic E-state index is -3.97. The van der Waals surface area contributed by atoms with Crippen molar-refractivity contribution < 1.29 is 45.7 Å². The minimum Gasteiger partial charge on any atom is -0.460 e. The van der Waals surface area contributed by atoms with Gasteiger partial charge < -0.3 is 22.7 Å². The summed E-state index contributed by atoms with van der Waals surface area (Å²) in [5.74, 6) is -0.862. The van der Waals surface area contributed by atoms with Crippen molar-refractivity contribution in [3.8, 4) is 0 Å². The number of phosphoric ester groups is 1. The Labute approximate surface area is 170 Å². The molecular weight excluding hydrogens is 426 g/mol. The van der Waals surface area contributed by atoms with Gasteiger partial charge in [0.1, 0.15) is 17.3 Å². The molecule has 0 aliphatic heterocycles. The maximum absolute atomic E-state index is 13.3. The van der Waals surface area contributed by atoms with Crippen LogP contribution in [-0.4, -0.2) is 39.0 Å². The molecule has 10 nitrogen and oxygen atoms in total. The number of phosphoric acid groups is 1. The van der Waals surface area contributed by atoms with E-state index in [1.54, 1.807) is 34.6 Å². The summed E-state index contributed by atoms with van der Waals surface area (Å²) < 4.78 is 62.2. The number of ether oxygens (including phenoxy) is 1. The van der Waals surface area contributed by atoms with Gasteiger partial charge in [-0.3, -0.25) is 13.6 Å². The van der Waals surface area contributed by atoms with Crippen molar-refractivity contribution in [2.45, 2.75) is 34.6 Å². The quantitative estimate of drug-likeness (QED) is 0.210. The normalized spacial score (nSPS) is 12.8. The van der Waals surface area contributed by atoms with Crippen LogP contribution < -0.4 is 0 Å². The van der Waals surface area contributed by atoms with Crippen LogP contribution in [0.25, 0.3) is 5.31 Å².